The Kier molecular flexibility index (Phi) is 11.8. The predicted molar refractivity (Wildman–Crippen MR) is 129 cm³/mol. The molecule has 0 unspecified atom stereocenters. The van der Waals surface area contributed by atoms with Crippen LogP contribution in [0, 0.1) is 28.9 Å². The van der Waals surface area contributed by atoms with E-state index in [2.05, 4.69) is 12.1 Å². The van der Waals surface area contributed by atoms with E-state index in [4.69, 9.17) is 35.0 Å². The number of thioether (sulfide) groups is 4. The molecule has 0 saturated heterocycles. The van der Waals surface area contributed by atoms with Crippen molar-refractivity contribution in [1.29, 1.82) is 10.5 Å². The Balaban J connectivity index is 1.84. The first-order valence-corrected chi connectivity index (χ1v) is 15.2. The lowest BCUT2D eigenvalue weighted by Crippen LogP contribution is -1.84. The van der Waals surface area contributed by atoms with Crippen LogP contribution in [0.15, 0.2) is 16.8 Å². The molecular weight excluding hydrogens is 517 g/mol. The highest BCUT2D eigenvalue weighted by Crippen LogP contribution is 2.43. The number of hydrogen-bond donors (Lipinski definition) is 0. The van der Waals surface area contributed by atoms with Gasteiger partial charge in [-0.2, -0.15) is 10.5 Å². The lowest BCUT2D eigenvalue weighted by atomic mass is 10.6. The first kappa shape index (κ1) is 23.2. The van der Waals surface area contributed by atoms with Crippen LogP contribution < -0.4 is 0 Å². The van der Waals surface area contributed by atoms with Crippen LogP contribution in [0.5, 0.6) is 0 Å². The largest absolute Gasteiger partial charge is 0.198 e. The first-order valence-electron chi connectivity index (χ1n) is 7.17. The van der Waals surface area contributed by atoms with E-state index in [1.165, 1.54) is 16.8 Å². The molecule has 0 amide bonds. The molecule has 0 radical (unpaired) electrons. The van der Waals surface area contributed by atoms with E-state index in [0.717, 1.165) is 29.3 Å². The molecule has 0 atom stereocenters. The molecule has 2 rings (SSSR count). The van der Waals surface area contributed by atoms with E-state index < -0.39 is 0 Å². The van der Waals surface area contributed by atoms with E-state index in [9.17, 15) is 0 Å². The molecule has 2 aromatic heterocycles. The molecule has 138 valence electrons. The third kappa shape index (κ3) is 8.11. The maximum absolute atomic E-state index is 8.68. The quantitative estimate of drug-likeness (QED) is 0.164. The molecule has 0 aliphatic heterocycles. The van der Waals surface area contributed by atoms with Crippen LogP contribution in [0.2, 0.25) is 0 Å². The molecule has 0 aromatic carbocycles. The summed E-state index contributed by atoms with van der Waals surface area (Å²) >= 11 is 24.5. The van der Waals surface area contributed by atoms with Gasteiger partial charge in [-0.3, -0.25) is 0 Å². The third-order valence-electron chi connectivity index (χ3n) is 2.48. The van der Waals surface area contributed by atoms with Crippen molar-refractivity contribution in [3.63, 3.8) is 0 Å². The van der Waals surface area contributed by atoms with Crippen molar-refractivity contribution < 1.29 is 0 Å². The third-order valence-corrected chi connectivity index (χ3v) is 13.9. The van der Waals surface area contributed by atoms with Crippen molar-refractivity contribution in [3.05, 3.63) is 6.28 Å². The van der Waals surface area contributed by atoms with Gasteiger partial charge in [0.2, 0.25) is 0 Å². The Hall–Kier alpha value is 0.920. The molecule has 2 heterocycles. The van der Waals surface area contributed by atoms with Crippen molar-refractivity contribution in [2.24, 2.45) is 0 Å². The van der Waals surface area contributed by atoms with Crippen LogP contribution in [-0.2, 0) is 0 Å². The van der Waals surface area contributed by atoms with Crippen LogP contribution in [0.3, 0.4) is 0 Å². The van der Waals surface area contributed by atoms with Crippen molar-refractivity contribution in [1.82, 2.24) is 0 Å². The van der Waals surface area contributed by atoms with Gasteiger partial charge in [-0.05, 0) is 0 Å². The van der Waals surface area contributed by atoms with Crippen molar-refractivity contribution >= 4 is 117 Å². The number of rotatable bonds is 11. The average molecular weight is 529 g/mol. The molecule has 12 heteroatoms. The predicted octanol–water partition coefficient (Wildman–Crippen LogP) is 8.29. The number of hydrogen-bond acceptors (Lipinski definition) is 12. The van der Waals surface area contributed by atoms with E-state index in [0.29, 0.717) is 12.8 Å². The summed E-state index contributed by atoms with van der Waals surface area (Å²) in [6.45, 7) is 0. The Morgan fingerprint density at radius 1 is 0.615 bits per heavy atom. The van der Waals surface area contributed by atoms with Gasteiger partial charge in [0.1, 0.15) is 6.28 Å². The van der Waals surface area contributed by atoms with Crippen LogP contribution in [0.25, 0.3) is 0 Å². The molecular formula is C14H12N2S10. The molecule has 0 aliphatic carbocycles. The smallest absolute Gasteiger partial charge is 0.145 e. The minimum absolute atomic E-state index is 0.565. The molecule has 0 fully saturated rings. The molecule has 0 spiro atoms. The van der Waals surface area contributed by atoms with Gasteiger partial charge in [-0.15, -0.1) is 92.4 Å². The van der Waals surface area contributed by atoms with E-state index >= 15 is 0 Å². The molecule has 0 aliphatic rings. The molecule has 0 N–H and O–H groups in total. The lowest BCUT2D eigenvalue weighted by molar-refractivity contribution is 1.24. The maximum Gasteiger partial charge on any atom is 0.145 e. The highest BCUT2D eigenvalue weighted by atomic mass is 32.2. The van der Waals surface area contributed by atoms with Crippen molar-refractivity contribution in [2.45, 2.75) is 29.7 Å². The van der Waals surface area contributed by atoms with Gasteiger partial charge in [-0.1, -0.05) is 24.4 Å². The van der Waals surface area contributed by atoms with Crippen LogP contribution in [0.1, 0.15) is 12.8 Å². The second-order valence-corrected chi connectivity index (χ2v) is 16.2. The fraction of sp³-hybridized carbons (Fsp3) is 0.429. The normalized spacial score (nSPS) is 10.5. The minimum Gasteiger partial charge on any atom is -0.198 e. The molecule has 26 heavy (non-hydrogen) atoms. The van der Waals surface area contributed by atoms with E-state index in [-0.39, 0.29) is 0 Å². The Morgan fingerprint density at radius 3 is 1.23 bits per heavy atom. The molecule has 2 nitrogen and oxygen atoms in total. The van der Waals surface area contributed by atoms with E-state index in [1.54, 1.807) is 68.9 Å². The zero-order chi connectivity index (χ0) is 18.8. The summed E-state index contributed by atoms with van der Waals surface area (Å²) in [5, 5.41) is 17.4. The second-order valence-electron chi connectivity index (χ2n) is 4.27. The number of nitriles is 2. The standard InChI is InChI=1S/C14H12N2S10/c15-3-1-5-19-9-11(25-13(17)23-9)21-7-8-22-12-10(20-6-2-4-16)24-14(18)26-12/h1-2,5-8H2. The highest BCUT2D eigenvalue weighted by Gasteiger charge is 2.11. The summed E-state index contributed by atoms with van der Waals surface area (Å²) < 4.78 is 6.97. The monoisotopic (exact) mass is 528 g/mol. The van der Waals surface area contributed by atoms with Gasteiger partial charge in [0.05, 0.1) is 29.0 Å². The fourth-order valence-corrected chi connectivity index (χ4v) is 13.7. The van der Waals surface area contributed by atoms with Gasteiger partial charge < -0.3 is 0 Å². The molecule has 0 bridgehead atoms. The molecule has 0 saturated carbocycles. The summed E-state index contributed by atoms with van der Waals surface area (Å²) in [6.07, 6.45) is 1.13. The van der Waals surface area contributed by atoms with Gasteiger partial charge in [0.15, 0.2) is 0 Å². The van der Waals surface area contributed by atoms with Crippen molar-refractivity contribution in [2.75, 3.05) is 23.0 Å². The topological polar surface area (TPSA) is 47.6 Å². The van der Waals surface area contributed by atoms with Gasteiger partial charge in [0, 0.05) is 35.9 Å². The van der Waals surface area contributed by atoms with Gasteiger partial charge in [0.25, 0.3) is 0 Å². The fourth-order valence-electron chi connectivity index (χ4n) is 1.51. The first-order chi connectivity index (χ1) is 12.6. The maximum atomic E-state index is 8.68. The summed E-state index contributed by atoms with van der Waals surface area (Å²) in [4.78, 5) is 0. The highest BCUT2D eigenvalue weighted by molar-refractivity contribution is 8.07. The zero-order valence-corrected chi connectivity index (χ0v) is 21.4. The lowest BCUT2D eigenvalue weighted by Gasteiger charge is -2.03. The summed E-state index contributed by atoms with van der Waals surface area (Å²) in [5.41, 5.74) is 0. The SMILES string of the molecule is N#CCCSc1sc(=S)sc1SCCSc1sc(=S)sc1SCCC#N. The van der Waals surface area contributed by atoms with Crippen molar-refractivity contribution in [3.8, 4) is 12.1 Å². The Bertz CT molecular complexity index is 816. The van der Waals surface area contributed by atoms with Crippen LogP contribution in [0.4, 0.5) is 0 Å². The zero-order valence-electron chi connectivity index (χ0n) is 13.2. The molecule has 2 aromatic rings. The van der Waals surface area contributed by atoms with Crippen LogP contribution >= 0.6 is 117 Å². The van der Waals surface area contributed by atoms with Gasteiger partial charge >= 0.3 is 0 Å². The minimum atomic E-state index is 0.565. The Morgan fingerprint density at radius 2 is 0.923 bits per heavy atom. The summed E-state index contributed by atoms with van der Waals surface area (Å²) in [5.74, 6) is 3.66. The van der Waals surface area contributed by atoms with Gasteiger partial charge in [-0.25, -0.2) is 0 Å². The Labute approximate surface area is 196 Å². The number of nitrogens with zero attached hydrogens (tertiary/aromatic N) is 2. The summed E-state index contributed by atoms with van der Waals surface area (Å²) in [6, 6.07) is 4.37. The van der Waals surface area contributed by atoms with E-state index in [1.807, 2.05) is 23.5 Å². The average Bonchev–Trinajstić information content (AvgIpc) is 3.14. The van der Waals surface area contributed by atoms with Crippen LogP contribution in [-0.4, -0.2) is 23.0 Å². The summed E-state index contributed by atoms with van der Waals surface area (Å²) in [7, 11) is 0. The second kappa shape index (κ2) is 13.2.